The summed E-state index contributed by atoms with van der Waals surface area (Å²) in [4.78, 5) is 82.2. The van der Waals surface area contributed by atoms with Gasteiger partial charge < -0.3 is 33.2 Å². The van der Waals surface area contributed by atoms with Crippen molar-refractivity contribution in [2.75, 3.05) is 39.6 Å². The van der Waals surface area contributed by atoms with Crippen molar-refractivity contribution in [3.8, 4) is 143 Å². The van der Waals surface area contributed by atoms with Gasteiger partial charge in [-0.05, 0) is 182 Å². The first kappa shape index (κ1) is 77.8. The van der Waals surface area contributed by atoms with E-state index in [0.29, 0.717) is 162 Å². The third-order valence-electron chi connectivity index (χ3n) is 17.6. The van der Waals surface area contributed by atoms with Crippen LogP contribution in [0.5, 0.6) is 28.7 Å². The van der Waals surface area contributed by atoms with E-state index >= 15 is 0 Å². The lowest BCUT2D eigenvalue weighted by atomic mass is 10.1. The summed E-state index contributed by atoms with van der Waals surface area (Å²) in [5.74, 6) is 4.28. The fraction of sp³-hybridized carbons (Fsp3) is 0.227. The maximum Gasteiger partial charge on any atom is 0.439 e. The largest absolute Gasteiger partial charge is 0.492 e. The van der Waals surface area contributed by atoms with Gasteiger partial charge in [0.05, 0.1) is 99.3 Å². The summed E-state index contributed by atoms with van der Waals surface area (Å²) in [6.07, 6.45) is 14.6. The first-order valence-corrected chi connectivity index (χ1v) is 37.7. The van der Waals surface area contributed by atoms with Crippen molar-refractivity contribution in [1.82, 2.24) is 122 Å². The Hall–Kier alpha value is -13.2. The van der Waals surface area contributed by atoms with Crippen molar-refractivity contribution in [2.45, 2.75) is 56.8 Å². The molecule has 0 atom stereocenters. The summed E-state index contributed by atoms with van der Waals surface area (Å²) in [7, 11) is 0. The van der Waals surface area contributed by atoms with Crippen LogP contribution in [0.1, 0.15) is 38.5 Å². The number of nitrogens with one attached hydrogen (secondary N) is 5. The van der Waals surface area contributed by atoms with E-state index in [1.807, 2.05) is 60.7 Å². The van der Waals surface area contributed by atoms with Crippen LogP contribution in [-0.4, -0.2) is 179 Å². The fourth-order valence-electron chi connectivity index (χ4n) is 10.9. The van der Waals surface area contributed by atoms with Gasteiger partial charge in [-0.3, -0.25) is 28.5 Å². The zero-order valence-corrected chi connectivity index (χ0v) is 64.3. The number of ether oxygens (including phenoxy) is 7. The van der Waals surface area contributed by atoms with Crippen molar-refractivity contribution < 1.29 is 46.7 Å². The molecule has 592 valence electrons. The van der Waals surface area contributed by atoms with Crippen LogP contribution < -0.4 is 41.0 Å². The van der Waals surface area contributed by atoms with Crippen LogP contribution in [0.15, 0.2) is 181 Å². The quantitative estimate of drug-likeness (QED) is 0.0421. The van der Waals surface area contributed by atoms with E-state index in [2.05, 4.69) is 135 Å². The Labute approximate surface area is 683 Å². The maximum absolute atomic E-state index is 11.1. The second-order valence-electron chi connectivity index (χ2n) is 26.4. The first-order chi connectivity index (χ1) is 57.1. The Balaban J connectivity index is 0.000000110. The zero-order chi connectivity index (χ0) is 80.1. The number of halogens is 5. The monoisotopic (exact) mass is 1680 g/mol. The number of benzene rings is 5. The van der Waals surface area contributed by atoms with Crippen LogP contribution in [0.3, 0.4) is 0 Å². The second kappa shape index (κ2) is 36.1. The molecule has 20 rings (SSSR count). The summed E-state index contributed by atoms with van der Waals surface area (Å²) in [5, 5.41) is 41.0. The third-order valence-corrected chi connectivity index (χ3v) is 19.1. The average Bonchev–Trinajstić information content (AvgIpc) is 1.65. The molecule has 0 radical (unpaired) electrons. The number of hydrogen-bond donors (Lipinski definition) is 5. The third kappa shape index (κ3) is 20.5. The Morgan fingerprint density at radius 2 is 0.615 bits per heavy atom. The standard InChI is InChI=1S/C16H13ClN4O3.C15H13ClN6O.C15H11ClN4O4.C15H11ClN4O3.C14H11ClN6O2/c17-11-5-10(3-4-14(11)23-7-9-1-2-9)12-6-13(19-8-18-12)15-20-16(22)24-21-15;16-11-5-10(3-4-14(11)23-7-9-1-2-9)12-6-13(18-8-17-12)15-19-21-22-20-15;16-10-3-8(1-2-13(10)23-9-5-22-6-9)11-4-12(18-7-17-11)14-19-15(21)24-20-14;16-10-5-8(1-4-13(10)22-9-2-3-9)11-6-12(18-7-17-11)14-19-15(21)23-20-14;15-10-3-8(1-2-13(10)23-9-5-22-6-9)11-4-12(17-7-16-11)14-18-20-21-19-14/h3-6,8-9H,1-2,7H2,(H,20,21,22);3-6,8-9H,1-2,7H2,(H,19,20,21,22);1-4,7,9H,5-6H2,(H,19,20,21);1,4-7,9H,2-3H2,(H,19,20,21);1-4,7,9H,5-6H2,(H,18,19,20,21). The number of hydrogen-bond acceptors (Lipinski definition) is 32. The average molecular weight is 1680 g/mol. The minimum Gasteiger partial charge on any atom is -0.492 e. The van der Waals surface area contributed by atoms with Crippen molar-refractivity contribution in [1.29, 1.82) is 0 Å². The molecule has 0 unspecified atom stereocenters. The van der Waals surface area contributed by atoms with E-state index in [0.717, 1.165) is 53.0 Å². The smallest absolute Gasteiger partial charge is 0.439 e. The van der Waals surface area contributed by atoms with Crippen LogP contribution in [0, 0.1) is 11.8 Å². The van der Waals surface area contributed by atoms with Gasteiger partial charge >= 0.3 is 17.3 Å². The normalized spacial score (nSPS) is 14.1. The molecular formula is C75H59Cl5N24O13. The molecule has 0 spiro atoms. The Bertz CT molecular complexity index is 6140. The molecule has 3 aliphatic carbocycles. The van der Waals surface area contributed by atoms with E-state index in [1.54, 1.807) is 60.7 Å². The lowest BCUT2D eigenvalue weighted by Gasteiger charge is -2.27. The number of aromatic nitrogens is 24. The Morgan fingerprint density at radius 3 is 0.863 bits per heavy atom. The Morgan fingerprint density at radius 1 is 0.333 bits per heavy atom. The SMILES string of the molecule is Clc1cc(-c2cc(-c3nn[nH]n3)ncn2)ccc1OC1COC1.Clc1cc(-c2cc(-c3nn[nH]n3)ncn2)ccc1OCC1CC1.O=c1[nH]c(-c2cc(-c3ccc(OC4CC4)c(Cl)c3)ncn2)no1.O=c1[nH]c(-c2cc(-c3ccc(OC4COC4)c(Cl)c3)ncn2)no1.O=c1[nH]c(-c2cc(-c3ccc(OCC4CC4)c(Cl)c3)ncn2)no1. The molecule has 2 saturated heterocycles. The zero-order valence-electron chi connectivity index (χ0n) is 60.5. The van der Waals surface area contributed by atoms with Gasteiger partial charge in [0.2, 0.25) is 29.1 Å². The van der Waals surface area contributed by atoms with Gasteiger partial charge in [-0.2, -0.15) is 10.4 Å². The molecule has 37 nitrogen and oxygen atoms in total. The molecule has 5 aromatic carbocycles. The van der Waals surface area contributed by atoms with Gasteiger partial charge in [0.15, 0.2) is 0 Å². The molecule has 0 amide bonds. The van der Waals surface area contributed by atoms with E-state index in [1.165, 1.54) is 57.3 Å². The molecule has 0 bridgehead atoms. The molecule has 15 aromatic rings. The van der Waals surface area contributed by atoms with E-state index in [9.17, 15) is 14.4 Å². The molecule has 42 heteroatoms. The van der Waals surface area contributed by atoms with Gasteiger partial charge in [-0.15, -0.1) is 20.4 Å². The lowest BCUT2D eigenvalue weighted by Crippen LogP contribution is -2.38. The van der Waals surface area contributed by atoms with Crippen LogP contribution in [0.25, 0.3) is 114 Å². The molecule has 2 aliphatic heterocycles. The summed E-state index contributed by atoms with van der Waals surface area (Å²) in [6.45, 7) is 3.77. The van der Waals surface area contributed by atoms with Gasteiger partial charge in [0.25, 0.3) is 0 Å². The maximum atomic E-state index is 11.1. The Kier molecular flexibility index (Phi) is 24.0. The molecule has 12 heterocycles. The number of H-pyrrole nitrogens is 5. The van der Waals surface area contributed by atoms with Crippen LogP contribution >= 0.6 is 58.0 Å². The van der Waals surface area contributed by atoms with E-state index < -0.39 is 17.3 Å². The summed E-state index contributed by atoms with van der Waals surface area (Å²) in [6, 6.07) is 36.2. The van der Waals surface area contributed by atoms with Crippen molar-refractivity contribution in [2.24, 2.45) is 11.8 Å². The number of tetrazole rings is 2. The predicted octanol–water partition coefficient (Wildman–Crippen LogP) is 12.0. The van der Waals surface area contributed by atoms with Gasteiger partial charge in [-0.25, -0.2) is 64.2 Å². The lowest BCUT2D eigenvalue weighted by molar-refractivity contribution is -0.0796. The predicted molar refractivity (Wildman–Crippen MR) is 418 cm³/mol. The molecule has 5 fully saturated rings. The number of rotatable bonds is 22. The van der Waals surface area contributed by atoms with Gasteiger partial charge in [0, 0.05) is 27.8 Å². The van der Waals surface area contributed by atoms with Gasteiger partial charge in [-0.1, -0.05) is 73.5 Å². The van der Waals surface area contributed by atoms with Crippen LogP contribution in [-0.2, 0) is 9.47 Å². The van der Waals surface area contributed by atoms with Crippen molar-refractivity contribution in [3.63, 3.8) is 0 Å². The minimum absolute atomic E-state index is 0.0444. The highest BCUT2D eigenvalue weighted by Gasteiger charge is 2.28. The highest BCUT2D eigenvalue weighted by molar-refractivity contribution is 6.33. The highest BCUT2D eigenvalue weighted by atomic mass is 35.5. The summed E-state index contributed by atoms with van der Waals surface area (Å²) in [5.41, 5.74) is 10.0. The van der Waals surface area contributed by atoms with E-state index in [-0.39, 0.29) is 35.8 Å². The molecule has 117 heavy (non-hydrogen) atoms. The van der Waals surface area contributed by atoms with Crippen LogP contribution in [0.2, 0.25) is 25.1 Å². The molecule has 5 aliphatic rings. The van der Waals surface area contributed by atoms with Crippen molar-refractivity contribution in [3.05, 3.63) is 210 Å². The first-order valence-electron chi connectivity index (χ1n) is 35.8. The summed E-state index contributed by atoms with van der Waals surface area (Å²) < 4.78 is 52.2. The second-order valence-corrected chi connectivity index (χ2v) is 28.4. The van der Waals surface area contributed by atoms with E-state index in [4.69, 9.17) is 91.2 Å². The van der Waals surface area contributed by atoms with Crippen LogP contribution in [0.4, 0.5) is 0 Å². The minimum atomic E-state index is -0.644. The molecule has 5 N–H and O–H groups in total. The number of nitrogens with zero attached hydrogens (tertiary/aromatic N) is 19. The van der Waals surface area contributed by atoms with Crippen molar-refractivity contribution >= 4 is 58.0 Å². The number of aromatic amines is 5. The van der Waals surface area contributed by atoms with Gasteiger partial charge in [0.1, 0.15) is 101 Å². The summed E-state index contributed by atoms with van der Waals surface area (Å²) >= 11 is 31.5. The molecule has 3 saturated carbocycles. The topological polar surface area (TPSA) is 479 Å². The molecule has 10 aromatic heterocycles. The highest BCUT2D eigenvalue weighted by Crippen LogP contribution is 2.40. The fourth-order valence-corrected chi connectivity index (χ4v) is 12.0. The molecular weight excluding hydrogens is 1620 g/mol.